The number of allylic oxidation sites excluding steroid dienone is 9. The van der Waals surface area contributed by atoms with E-state index >= 15 is 0 Å². The van der Waals surface area contributed by atoms with Crippen molar-refractivity contribution in [1.82, 2.24) is 5.32 Å². The molecule has 0 aromatic rings. The lowest BCUT2D eigenvalue weighted by atomic mass is 9.99. The maximum atomic E-state index is 13.7. The van der Waals surface area contributed by atoms with Crippen molar-refractivity contribution in [3.8, 4) is 0 Å². The highest BCUT2D eigenvalue weighted by Crippen LogP contribution is 2.33. The molecule has 0 heterocycles. The van der Waals surface area contributed by atoms with Gasteiger partial charge >= 0.3 is 6.18 Å². The Morgan fingerprint density at radius 2 is 1.90 bits per heavy atom. The lowest BCUT2D eigenvalue weighted by Gasteiger charge is -2.20. The number of rotatable bonds is 9. The molecule has 170 valence electrons. The van der Waals surface area contributed by atoms with Crippen molar-refractivity contribution in [1.29, 1.82) is 0 Å². The maximum Gasteiger partial charge on any atom is 0.420 e. The Balaban J connectivity index is 3.25. The third kappa shape index (κ3) is 8.12. The van der Waals surface area contributed by atoms with Crippen molar-refractivity contribution in [2.24, 2.45) is 4.99 Å². The van der Waals surface area contributed by atoms with Gasteiger partial charge in [-0.25, -0.2) is 0 Å². The Kier molecular flexibility index (Phi) is 10.9. The number of methoxy groups -OCH3 is 1. The summed E-state index contributed by atoms with van der Waals surface area (Å²) in [7, 11) is 1.25. The van der Waals surface area contributed by atoms with Gasteiger partial charge in [-0.1, -0.05) is 49.8 Å². The minimum absolute atomic E-state index is 0.224. The first kappa shape index (κ1) is 26.3. The molecule has 1 N–H and O–H groups in total. The maximum absolute atomic E-state index is 13.7. The minimum atomic E-state index is -4.53. The quantitative estimate of drug-likeness (QED) is 0.310. The number of hydrogen-bond donors (Lipinski definition) is 1. The van der Waals surface area contributed by atoms with Gasteiger partial charge < -0.3 is 10.1 Å². The second-order valence-electron chi connectivity index (χ2n) is 6.96. The van der Waals surface area contributed by atoms with Crippen LogP contribution < -0.4 is 5.32 Å². The van der Waals surface area contributed by atoms with Crippen molar-refractivity contribution in [3.63, 3.8) is 0 Å². The third-order valence-electron chi connectivity index (χ3n) is 4.60. The van der Waals surface area contributed by atoms with Crippen LogP contribution in [0.5, 0.6) is 0 Å². The first-order chi connectivity index (χ1) is 14.7. The summed E-state index contributed by atoms with van der Waals surface area (Å²) in [6.07, 6.45) is 11.1. The van der Waals surface area contributed by atoms with Crippen LogP contribution in [0.25, 0.3) is 0 Å². The van der Waals surface area contributed by atoms with Gasteiger partial charge in [0.15, 0.2) is 5.76 Å². The van der Waals surface area contributed by atoms with E-state index in [0.29, 0.717) is 18.5 Å². The van der Waals surface area contributed by atoms with Crippen LogP contribution >= 0.6 is 0 Å². The van der Waals surface area contributed by atoms with Gasteiger partial charge in [0.2, 0.25) is 0 Å². The summed E-state index contributed by atoms with van der Waals surface area (Å²) in [5.74, 6) is -0.224. The topological polar surface area (TPSA) is 33.6 Å². The number of aliphatic imine (C=N–C) groups is 1. The number of halogens is 3. The number of hydrogen-bond acceptors (Lipinski definition) is 3. The van der Waals surface area contributed by atoms with Crippen LogP contribution in [0.3, 0.4) is 0 Å². The molecule has 3 nitrogen and oxygen atoms in total. The van der Waals surface area contributed by atoms with Crippen LogP contribution in [0, 0.1) is 0 Å². The van der Waals surface area contributed by atoms with Crippen LogP contribution in [-0.2, 0) is 4.74 Å². The summed E-state index contributed by atoms with van der Waals surface area (Å²) in [5.41, 5.74) is 2.85. The first-order valence-electron chi connectivity index (χ1n) is 10.4. The molecule has 0 aromatic carbocycles. The van der Waals surface area contributed by atoms with Gasteiger partial charge in [-0.3, -0.25) is 4.99 Å². The van der Waals surface area contributed by atoms with E-state index in [9.17, 15) is 13.2 Å². The molecular weight excluding hydrogens is 401 g/mol. The van der Waals surface area contributed by atoms with Gasteiger partial charge in [0.05, 0.1) is 24.1 Å². The SMILES string of the molecule is C\C=C/N=C1/C=C(CNC(=C/C)/C(OC)=C(\C=C(/C)CC)C(F)(F)F)C=C/C1=C\CC. The van der Waals surface area contributed by atoms with Gasteiger partial charge in [0.25, 0.3) is 0 Å². The van der Waals surface area contributed by atoms with Gasteiger partial charge in [0, 0.05) is 12.7 Å². The van der Waals surface area contributed by atoms with Crippen LogP contribution in [0.1, 0.15) is 47.5 Å². The number of nitrogens with zero attached hydrogens (tertiary/aromatic N) is 1. The van der Waals surface area contributed by atoms with E-state index < -0.39 is 11.7 Å². The molecular formula is C25H33F3N2O. The molecule has 0 saturated carbocycles. The van der Waals surface area contributed by atoms with E-state index in [0.717, 1.165) is 29.4 Å². The molecule has 1 rings (SSSR count). The fourth-order valence-corrected chi connectivity index (χ4v) is 2.86. The molecule has 0 amide bonds. The number of alkyl halides is 3. The normalized spacial score (nSPS) is 19.2. The molecule has 1 aliphatic rings. The number of ether oxygens (including phenoxy) is 1. The molecule has 6 heteroatoms. The zero-order valence-corrected chi connectivity index (χ0v) is 19.2. The van der Waals surface area contributed by atoms with E-state index in [1.54, 1.807) is 26.1 Å². The molecule has 0 aromatic heterocycles. The zero-order chi connectivity index (χ0) is 23.4. The average molecular weight is 435 g/mol. The summed E-state index contributed by atoms with van der Waals surface area (Å²) in [6, 6.07) is 0. The highest BCUT2D eigenvalue weighted by molar-refractivity contribution is 6.12. The molecule has 0 spiro atoms. The molecule has 0 aliphatic heterocycles. The zero-order valence-electron chi connectivity index (χ0n) is 19.2. The van der Waals surface area contributed by atoms with E-state index in [4.69, 9.17) is 4.74 Å². The largest absolute Gasteiger partial charge is 0.494 e. The predicted molar refractivity (Wildman–Crippen MR) is 124 cm³/mol. The first-order valence-corrected chi connectivity index (χ1v) is 10.4. The van der Waals surface area contributed by atoms with Crippen LogP contribution in [-0.4, -0.2) is 25.5 Å². The van der Waals surface area contributed by atoms with E-state index in [-0.39, 0.29) is 11.5 Å². The Morgan fingerprint density at radius 1 is 1.19 bits per heavy atom. The van der Waals surface area contributed by atoms with Gasteiger partial charge in [0.1, 0.15) is 0 Å². The predicted octanol–water partition coefficient (Wildman–Crippen LogP) is 7.11. The van der Waals surface area contributed by atoms with E-state index in [2.05, 4.69) is 23.3 Å². The summed E-state index contributed by atoms with van der Waals surface area (Å²) >= 11 is 0. The van der Waals surface area contributed by atoms with E-state index in [1.165, 1.54) is 7.11 Å². The van der Waals surface area contributed by atoms with Gasteiger partial charge in [-0.15, -0.1) is 0 Å². The molecule has 1 aliphatic carbocycles. The summed E-state index contributed by atoms with van der Waals surface area (Å²) in [4.78, 5) is 4.46. The van der Waals surface area contributed by atoms with Crippen molar-refractivity contribution in [2.45, 2.75) is 53.6 Å². The summed E-state index contributed by atoms with van der Waals surface area (Å²) in [6.45, 7) is 9.45. The second-order valence-corrected chi connectivity index (χ2v) is 6.96. The van der Waals surface area contributed by atoms with Gasteiger partial charge in [-0.2, -0.15) is 13.2 Å². The minimum Gasteiger partial charge on any atom is -0.494 e. The Bertz CT molecular complexity index is 864. The molecule has 0 unspecified atom stereocenters. The standard InChI is InChI=1S/C25H33F3N2O/c1-7-11-20-13-12-19(16-23(20)29-14-8-2)17-30-22(10-4)24(31-6)21(25(26,27)28)15-18(5)9-3/h8,10-16,30H,7,9,17H2,1-6H3/b14-8-,18-15+,20-11+,22-10+,24-21-,29-23-. The lowest BCUT2D eigenvalue weighted by Crippen LogP contribution is -2.23. The van der Waals surface area contributed by atoms with Crippen LogP contribution in [0.2, 0.25) is 0 Å². The van der Waals surface area contributed by atoms with Crippen LogP contribution in [0.15, 0.2) is 87.5 Å². The average Bonchev–Trinajstić information content (AvgIpc) is 2.74. The molecule has 0 bridgehead atoms. The molecule has 0 radical (unpaired) electrons. The Morgan fingerprint density at radius 3 is 2.42 bits per heavy atom. The highest BCUT2D eigenvalue weighted by Gasteiger charge is 2.36. The molecule has 0 saturated heterocycles. The van der Waals surface area contributed by atoms with Gasteiger partial charge in [-0.05, 0) is 56.9 Å². The fourth-order valence-electron chi connectivity index (χ4n) is 2.86. The monoisotopic (exact) mass is 434 g/mol. The van der Waals surface area contributed by atoms with Crippen LogP contribution in [0.4, 0.5) is 13.2 Å². The molecule has 0 fully saturated rings. The van der Waals surface area contributed by atoms with Crippen molar-refractivity contribution in [2.75, 3.05) is 13.7 Å². The smallest absolute Gasteiger partial charge is 0.420 e. The summed E-state index contributed by atoms with van der Waals surface area (Å²) < 4.78 is 46.4. The Hall–Kier alpha value is -2.76. The van der Waals surface area contributed by atoms with E-state index in [1.807, 2.05) is 38.2 Å². The molecule has 31 heavy (non-hydrogen) atoms. The second kappa shape index (κ2) is 12.8. The fraction of sp³-hybridized carbons (Fsp3) is 0.400. The van der Waals surface area contributed by atoms with Crippen molar-refractivity contribution < 1.29 is 17.9 Å². The Labute approximate surface area is 184 Å². The van der Waals surface area contributed by atoms with Crippen molar-refractivity contribution in [3.05, 3.63) is 82.5 Å². The molecule has 0 atom stereocenters. The third-order valence-corrected chi connectivity index (χ3v) is 4.60. The summed E-state index contributed by atoms with van der Waals surface area (Å²) in [5, 5.41) is 3.09. The lowest BCUT2D eigenvalue weighted by molar-refractivity contribution is -0.0911. The number of nitrogens with one attached hydrogen (secondary N) is 1. The van der Waals surface area contributed by atoms with Crippen molar-refractivity contribution >= 4 is 5.71 Å². The highest BCUT2D eigenvalue weighted by atomic mass is 19.4.